The van der Waals surface area contributed by atoms with Gasteiger partial charge in [0.15, 0.2) is 0 Å². The Bertz CT molecular complexity index is 997. The summed E-state index contributed by atoms with van der Waals surface area (Å²) >= 11 is 13.9. The van der Waals surface area contributed by atoms with Crippen LogP contribution < -0.4 is 5.32 Å². The van der Waals surface area contributed by atoms with Crippen molar-refractivity contribution in [3.63, 3.8) is 0 Å². The largest absolute Gasteiger partial charge is 0.310 e. The lowest BCUT2D eigenvalue weighted by Crippen LogP contribution is -2.48. The molecule has 6 nitrogen and oxygen atoms in total. The molecule has 0 aliphatic carbocycles. The molecule has 1 saturated heterocycles. The third-order valence-corrected chi connectivity index (χ3v) is 6.69. The lowest BCUT2D eigenvalue weighted by Gasteiger charge is -2.34. The fourth-order valence-corrected chi connectivity index (χ4v) is 4.83. The standard InChI is InChI=1S/C21H23Cl2N5OS/c22-18-4-2-1-3-16(18)13-28-20(7-8-24-28)25-21(29)15-27-11-9-26(10-12-27)14-17-5-6-19(23)30-17/h1-8H,9-15H2,(H,25,29). The summed E-state index contributed by atoms with van der Waals surface area (Å²) in [4.78, 5) is 18.4. The number of hydrogen-bond donors (Lipinski definition) is 1. The minimum absolute atomic E-state index is 0.0330. The number of piperazine rings is 1. The summed E-state index contributed by atoms with van der Waals surface area (Å²) in [7, 11) is 0. The Morgan fingerprint density at radius 1 is 1.00 bits per heavy atom. The van der Waals surface area contributed by atoms with Gasteiger partial charge in [-0.2, -0.15) is 5.10 Å². The Labute approximate surface area is 190 Å². The minimum atomic E-state index is -0.0330. The highest BCUT2D eigenvalue weighted by Gasteiger charge is 2.20. The van der Waals surface area contributed by atoms with E-state index in [1.165, 1.54) is 4.88 Å². The van der Waals surface area contributed by atoms with Crippen molar-refractivity contribution in [2.45, 2.75) is 13.1 Å². The first-order chi connectivity index (χ1) is 14.6. The topological polar surface area (TPSA) is 53.4 Å². The van der Waals surface area contributed by atoms with Crippen molar-refractivity contribution in [1.29, 1.82) is 0 Å². The average Bonchev–Trinajstić information content (AvgIpc) is 3.34. The molecule has 1 aliphatic heterocycles. The van der Waals surface area contributed by atoms with Crippen molar-refractivity contribution in [2.24, 2.45) is 0 Å². The van der Waals surface area contributed by atoms with Crippen molar-refractivity contribution in [3.8, 4) is 0 Å². The zero-order valence-electron chi connectivity index (χ0n) is 16.4. The second-order valence-electron chi connectivity index (χ2n) is 7.27. The van der Waals surface area contributed by atoms with Crippen LogP contribution in [0.15, 0.2) is 48.7 Å². The molecule has 0 atom stereocenters. The fourth-order valence-electron chi connectivity index (χ4n) is 3.50. The van der Waals surface area contributed by atoms with E-state index in [0.717, 1.165) is 42.6 Å². The van der Waals surface area contributed by atoms with Crippen molar-refractivity contribution in [1.82, 2.24) is 19.6 Å². The number of nitrogens with one attached hydrogen (secondary N) is 1. The number of aromatic nitrogens is 2. The zero-order chi connectivity index (χ0) is 20.9. The first-order valence-corrected chi connectivity index (χ1v) is 11.4. The van der Waals surface area contributed by atoms with Gasteiger partial charge in [-0.25, -0.2) is 4.68 Å². The molecule has 1 N–H and O–H groups in total. The van der Waals surface area contributed by atoms with Crippen LogP contribution in [0, 0.1) is 0 Å². The zero-order valence-corrected chi connectivity index (χ0v) is 18.8. The summed E-state index contributed by atoms with van der Waals surface area (Å²) in [6, 6.07) is 13.5. The van der Waals surface area contributed by atoms with Crippen molar-refractivity contribution in [2.75, 3.05) is 38.0 Å². The third-order valence-electron chi connectivity index (χ3n) is 5.10. The van der Waals surface area contributed by atoms with Gasteiger partial charge in [0, 0.05) is 48.7 Å². The molecule has 1 fully saturated rings. The van der Waals surface area contributed by atoms with Gasteiger partial charge in [-0.15, -0.1) is 11.3 Å². The van der Waals surface area contributed by atoms with Crippen LogP contribution in [0.4, 0.5) is 5.82 Å². The number of hydrogen-bond acceptors (Lipinski definition) is 5. The van der Waals surface area contributed by atoms with Gasteiger partial charge in [0.25, 0.3) is 0 Å². The van der Waals surface area contributed by atoms with Gasteiger partial charge >= 0.3 is 0 Å². The molecule has 3 heterocycles. The molecule has 0 saturated carbocycles. The Kier molecular flexibility index (Phi) is 7.07. The van der Waals surface area contributed by atoms with Gasteiger partial charge in [0.05, 0.1) is 23.6 Å². The van der Waals surface area contributed by atoms with E-state index in [9.17, 15) is 4.79 Å². The summed E-state index contributed by atoms with van der Waals surface area (Å²) in [5.41, 5.74) is 0.960. The van der Waals surface area contributed by atoms with Gasteiger partial charge in [-0.1, -0.05) is 41.4 Å². The van der Waals surface area contributed by atoms with Crippen molar-refractivity contribution in [3.05, 3.63) is 68.5 Å². The molecule has 2 aromatic heterocycles. The van der Waals surface area contributed by atoms with E-state index in [2.05, 4.69) is 26.3 Å². The number of amides is 1. The number of rotatable bonds is 7. The van der Waals surface area contributed by atoms with Crippen LogP contribution in [0.2, 0.25) is 9.36 Å². The highest BCUT2D eigenvalue weighted by Crippen LogP contribution is 2.23. The lowest BCUT2D eigenvalue weighted by molar-refractivity contribution is -0.117. The summed E-state index contributed by atoms with van der Waals surface area (Å²) < 4.78 is 2.58. The smallest absolute Gasteiger partial charge is 0.239 e. The molecule has 3 aromatic rings. The number of benzene rings is 1. The van der Waals surface area contributed by atoms with Crippen LogP contribution in [0.5, 0.6) is 0 Å². The molecule has 0 spiro atoms. The normalized spacial score (nSPS) is 15.4. The predicted molar refractivity (Wildman–Crippen MR) is 122 cm³/mol. The van der Waals surface area contributed by atoms with Gasteiger partial charge in [-0.3, -0.25) is 14.6 Å². The maximum absolute atomic E-state index is 12.6. The van der Waals surface area contributed by atoms with Gasteiger partial charge < -0.3 is 5.32 Å². The SMILES string of the molecule is O=C(CN1CCN(Cc2ccc(Cl)s2)CC1)Nc1ccnn1Cc1ccccc1Cl. The lowest BCUT2D eigenvalue weighted by atomic mass is 10.2. The monoisotopic (exact) mass is 463 g/mol. The van der Waals surface area contributed by atoms with Crippen LogP contribution in [-0.4, -0.2) is 58.2 Å². The van der Waals surface area contributed by atoms with E-state index in [-0.39, 0.29) is 5.91 Å². The summed E-state index contributed by atoms with van der Waals surface area (Å²) in [6.07, 6.45) is 1.68. The minimum Gasteiger partial charge on any atom is -0.310 e. The average molecular weight is 464 g/mol. The van der Waals surface area contributed by atoms with Gasteiger partial charge in [-0.05, 0) is 23.8 Å². The number of nitrogens with zero attached hydrogens (tertiary/aromatic N) is 4. The Morgan fingerprint density at radius 3 is 2.50 bits per heavy atom. The van der Waals surface area contributed by atoms with Crippen molar-refractivity contribution < 1.29 is 4.79 Å². The first kappa shape index (κ1) is 21.3. The number of halogens is 2. The Balaban J connectivity index is 1.26. The van der Waals surface area contributed by atoms with E-state index in [4.69, 9.17) is 23.2 Å². The van der Waals surface area contributed by atoms with Crippen LogP contribution in [0.25, 0.3) is 0 Å². The first-order valence-electron chi connectivity index (χ1n) is 9.81. The molecule has 1 aliphatic rings. The van der Waals surface area contributed by atoms with Gasteiger partial charge in [0.1, 0.15) is 5.82 Å². The van der Waals surface area contributed by atoms with E-state index in [1.54, 1.807) is 28.3 Å². The second kappa shape index (κ2) is 9.94. The Hall–Kier alpha value is -1.90. The molecule has 0 bridgehead atoms. The molecular weight excluding hydrogens is 441 g/mol. The Morgan fingerprint density at radius 2 is 1.77 bits per heavy atom. The fraction of sp³-hybridized carbons (Fsp3) is 0.333. The molecule has 4 rings (SSSR count). The van der Waals surface area contributed by atoms with E-state index in [1.807, 2.05) is 30.3 Å². The second-order valence-corrected chi connectivity index (χ2v) is 9.48. The molecule has 0 unspecified atom stereocenters. The molecular formula is C21H23Cl2N5OS. The molecule has 0 radical (unpaired) electrons. The van der Waals surface area contributed by atoms with Crippen LogP contribution in [0.1, 0.15) is 10.4 Å². The summed E-state index contributed by atoms with van der Waals surface area (Å²) in [5.74, 6) is 0.641. The summed E-state index contributed by atoms with van der Waals surface area (Å²) in [5, 5.41) is 7.99. The van der Waals surface area contributed by atoms with E-state index in [0.29, 0.717) is 23.9 Å². The van der Waals surface area contributed by atoms with Crippen LogP contribution in [0.3, 0.4) is 0 Å². The molecule has 1 aromatic carbocycles. The molecule has 158 valence electrons. The molecule has 30 heavy (non-hydrogen) atoms. The van der Waals surface area contributed by atoms with Gasteiger partial charge in [0.2, 0.25) is 5.91 Å². The van der Waals surface area contributed by atoms with Crippen LogP contribution in [-0.2, 0) is 17.9 Å². The maximum Gasteiger partial charge on any atom is 0.239 e. The number of carbonyl (C=O) groups is 1. The van der Waals surface area contributed by atoms with Crippen LogP contribution >= 0.6 is 34.5 Å². The van der Waals surface area contributed by atoms with Crippen molar-refractivity contribution >= 4 is 46.3 Å². The third kappa shape index (κ3) is 5.62. The quantitative estimate of drug-likeness (QED) is 0.573. The maximum atomic E-state index is 12.6. The number of thiophene rings is 1. The van der Waals surface area contributed by atoms with E-state index < -0.39 is 0 Å². The number of carbonyl (C=O) groups excluding carboxylic acids is 1. The molecule has 1 amide bonds. The van der Waals surface area contributed by atoms with E-state index >= 15 is 0 Å². The summed E-state index contributed by atoms with van der Waals surface area (Å²) in [6.45, 7) is 5.40. The highest BCUT2D eigenvalue weighted by atomic mass is 35.5. The predicted octanol–water partition coefficient (Wildman–Crippen LogP) is 4.06. The molecule has 9 heteroatoms. The highest BCUT2D eigenvalue weighted by molar-refractivity contribution is 7.16. The number of anilines is 1.